The average Bonchev–Trinajstić information content (AvgIpc) is 2.87. The number of nitrogens with zero attached hydrogens (tertiary/aromatic N) is 1. The van der Waals surface area contributed by atoms with Crippen LogP contribution in [-0.2, 0) is 23.1 Å². The van der Waals surface area contributed by atoms with Crippen molar-refractivity contribution in [2.24, 2.45) is 0 Å². The van der Waals surface area contributed by atoms with Crippen LogP contribution in [0.25, 0.3) is 0 Å². The smallest absolute Gasteiger partial charge is 0.211 e. The zero-order valence-electron chi connectivity index (χ0n) is 9.37. The van der Waals surface area contributed by atoms with E-state index in [2.05, 4.69) is 0 Å². The van der Waals surface area contributed by atoms with E-state index in [0.29, 0.717) is 12.3 Å². The van der Waals surface area contributed by atoms with Crippen molar-refractivity contribution in [3.63, 3.8) is 0 Å². The zero-order valence-corrected chi connectivity index (χ0v) is 11.0. The van der Waals surface area contributed by atoms with Crippen molar-refractivity contribution in [3.05, 3.63) is 46.5 Å². The maximum absolute atomic E-state index is 11.7. The van der Waals surface area contributed by atoms with Gasteiger partial charge in [0.05, 0.1) is 19.1 Å². The minimum atomic E-state index is -3.24. The summed E-state index contributed by atoms with van der Waals surface area (Å²) in [4.78, 5) is 0. The normalized spacial score (nSPS) is 12.1. The lowest BCUT2D eigenvalue weighted by Crippen LogP contribution is -2.28. The molecule has 2 aromatic rings. The summed E-state index contributed by atoms with van der Waals surface area (Å²) < 4.78 is 29.9. The van der Waals surface area contributed by atoms with Crippen molar-refractivity contribution in [2.45, 2.75) is 13.1 Å². The van der Waals surface area contributed by atoms with Crippen LogP contribution in [0.15, 0.2) is 39.6 Å². The van der Waals surface area contributed by atoms with Crippen molar-refractivity contribution in [1.29, 1.82) is 0 Å². The molecule has 0 bridgehead atoms. The molecule has 0 aliphatic heterocycles. The van der Waals surface area contributed by atoms with Crippen molar-refractivity contribution in [2.75, 3.05) is 6.26 Å². The molecule has 0 saturated carbocycles. The van der Waals surface area contributed by atoms with Gasteiger partial charge in [-0.3, -0.25) is 0 Å². The fraction of sp³-hybridized carbons (Fsp3) is 0.273. The predicted molar refractivity (Wildman–Crippen MR) is 67.1 cm³/mol. The Morgan fingerprint density at radius 2 is 2.18 bits per heavy atom. The van der Waals surface area contributed by atoms with Gasteiger partial charge in [-0.25, -0.2) is 8.42 Å². The van der Waals surface area contributed by atoms with Gasteiger partial charge in [0.25, 0.3) is 0 Å². The largest absolute Gasteiger partial charge is 0.468 e. The van der Waals surface area contributed by atoms with E-state index in [9.17, 15) is 8.42 Å². The Balaban J connectivity index is 2.15. The third-order valence-corrected chi connectivity index (χ3v) is 4.25. The average molecular weight is 271 g/mol. The first-order chi connectivity index (χ1) is 8.05. The van der Waals surface area contributed by atoms with Crippen LogP contribution in [0.4, 0.5) is 0 Å². The van der Waals surface area contributed by atoms with Crippen molar-refractivity contribution >= 4 is 21.4 Å². The van der Waals surface area contributed by atoms with Crippen LogP contribution in [0, 0.1) is 0 Å². The topological polar surface area (TPSA) is 50.5 Å². The summed E-state index contributed by atoms with van der Waals surface area (Å²) in [5.41, 5.74) is 0.993. The van der Waals surface area contributed by atoms with E-state index < -0.39 is 10.0 Å². The number of hydrogen-bond donors (Lipinski definition) is 0. The molecular formula is C11H13NO3S2. The van der Waals surface area contributed by atoms with Gasteiger partial charge in [0, 0.05) is 6.54 Å². The second kappa shape index (κ2) is 5.03. The fourth-order valence-corrected chi connectivity index (χ4v) is 2.86. The molecular weight excluding hydrogens is 258 g/mol. The second-order valence-corrected chi connectivity index (χ2v) is 6.50. The molecule has 4 nitrogen and oxygen atoms in total. The molecule has 6 heteroatoms. The standard InChI is InChI=1S/C11H13NO3S2/c1-17(13,14)12(7-10-4-6-16-9-10)8-11-3-2-5-15-11/h2-6,9H,7-8H2,1H3. The third-order valence-electron chi connectivity index (χ3n) is 2.32. The molecule has 0 saturated heterocycles. The highest BCUT2D eigenvalue weighted by atomic mass is 32.2. The molecule has 2 rings (SSSR count). The van der Waals surface area contributed by atoms with E-state index in [-0.39, 0.29) is 6.54 Å². The van der Waals surface area contributed by atoms with Crippen LogP contribution in [0.2, 0.25) is 0 Å². The summed E-state index contributed by atoms with van der Waals surface area (Å²) >= 11 is 1.56. The molecule has 0 aromatic carbocycles. The van der Waals surface area contributed by atoms with Gasteiger partial charge in [-0.1, -0.05) is 0 Å². The zero-order chi connectivity index (χ0) is 12.3. The maximum Gasteiger partial charge on any atom is 0.211 e. The molecule has 0 N–H and O–H groups in total. The monoisotopic (exact) mass is 271 g/mol. The first kappa shape index (κ1) is 12.3. The molecule has 0 atom stereocenters. The molecule has 17 heavy (non-hydrogen) atoms. The minimum Gasteiger partial charge on any atom is -0.468 e. The number of rotatable bonds is 5. The van der Waals surface area contributed by atoms with Gasteiger partial charge < -0.3 is 4.42 Å². The van der Waals surface area contributed by atoms with Crippen LogP contribution >= 0.6 is 11.3 Å². The van der Waals surface area contributed by atoms with E-state index in [4.69, 9.17) is 4.42 Å². The highest BCUT2D eigenvalue weighted by molar-refractivity contribution is 7.88. The Morgan fingerprint density at radius 3 is 2.71 bits per heavy atom. The molecule has 0 aliphatic carbocycles. The summed E-state index contributed by atoms with van der Waals surface area (Å²) in [7, 11) is -3.24. The molecule has 92 valence electrons. The summed E-state index contributed by atoms with van der Waals surface area (Å²) in [5, 5.41) is 3.88. The van der Waals surface area contributed by atoms with Crippen LogP contribution in [-0.4, -0.2) is 19.0 Å². The van der Waals surface area contributed by atoms with Crippen LogP contribution in [0.3, 0.4) is 0 Å². The quantitative estimate of drug-likeness (QED) is 0.838. The van der Waals surface area contributed by atoms with Crippen LogP contribution in [0.5, 0.6) is 0 Å². The van der Waals surface area contributed by atoms with Gasteiger partial charge in [-0.05, 0) is 34.5 Å². The summed E-state index contributed by atoms with van der Waals surface area (Å²) in [6.45, 7) is 0.644. The summed E-state index contributed by atoms with van der Waals surface area (Å²) in [6, 6.07) is 5.44. The maximum atomic E-state index is 11.7. The van der Waals surface area contributed by atoms with Crippen LogP contribution < -0.4 is 0 Å². The highest BCUT2D eigenvalue weighted by Gasteiger charge is 2.18. The van der Waals surface area contributed by atoms with Gasteiger partial charge in [-0.2, -0.15) is 15.6 Å². The SMILES string of the molecule is CS(=O)(=O)N(Cc1ccsc1)Cc1ccco1. The minimum absolute atomic E-state index is 0.266. The molecule has 2 aromatic heterocycles. The van der Waals surface area contributed by atoms with Gasteiger partial charge in [-0.15, -0.1) is 0 Å². The molecule has 0 aliphatic rings. The Morgan fingerprint density at radius 1 is 1.35 bits per heavy atom. The van der Waals surface area contributed by atoms with E-state index in [1.807, 2.05) is 16.8 Å². The first-order valence-corrected chi connectivity index (χ1v) is 7.83. The summed E-state index contributed by atoms with van der Waals surface area (Å²) in [6.07, 6.45) is 2.75. The lowest BCUT2D eigenvalue weighted by Gasteiger charge is -2.17. The van der Waals surface area contributed by atoms with Gasteiger partial charge >= 0.3 is 0 Å². The van der Waals surface area contributed by atoms with Crippen LogP contribution in [0.1, 0.15) is 11.3 Å². The Bertz CT molecular complexity index is 507. The fourth-order valence-electron chi connectivity index (χ4n) is 1.45. The van der Waals surface area contributed by atoms with Gasteiger partial charge in [0.2, 0.25) is 10.0 Å². The number of hydrogen-bond acceptors (Lipinski definition) is 4. The van der Waals surface area contributed by atoms with Crippen molar-refractivity contribution in [3.8, 4) is 0 Å². The molecule has 0 fully saturated rings. The lowest BCUT2D eigenvalue weighted by molar-refractivity contribution is 0.361. The second-order valence-electron chi connectivity index (χ2n) is 3.74. The Kier molecular flexibility index (Phi) is 3.66. The first-order valence-electron chi connectivity index (χ1n) is 5.04. The van der Waals surface area contributed by atoms with E-state index in [1.165, 1.54) is 10.6 Å². The molecule has 0 amide bonds. The predicted octanol–water partition coefficient (Wildman–Crippen LogP) is 2.30. The van der Waals surface area contributed by atoms with Gasteiger partial charge in [0.15, 0.2) is 0 Å². The summed E-state index contributed by atoms with van der Waals surface area (Å²) in [5.74, 6) is 0.644. The molecule has 0 spiro atoms. The van der Waals surface area contributed by atoms with Crippen molar-refractivity contribution < 1.29 is 12.8 Å². The molecule has 2 heterocycles. The Hall–Kier alpha value is -1.11. The number of furan rings is 1. The van der Waals surface area contributed by atoms with Gasteiger partial charge in [0.1, 0.15) is 5.76 Å². The van der Waals surface area contributed by atoms with E-state index in [0.717, 1.165) is 5.56 Å². The number of thiophene rings is 1. The van der Waals surface area contributed by atoms with E-state index in [1.54, 1.807) is 29.7 Å². The number of sulfonamides is 1. The lowest BCUT2D eigenvalue weighted by atomic mass is 10.3. The van der Waals surface area contributed by atoms with Crippen molar-refractivity contribution in [1.82, 2.24) is 4.31 Å². The highest BCUT2D eigenvalue weighted by Crippen LogP contribution is 2.15. The third kappa shape index (κ3) is 3.42. The molecule has 0 unspecified atom stereocenters. The Labute approximate surface area is 105 Å². The molecule has 0 radical (unpaired) electrons. The van der Waals surface area contributed by atoms with E-state index >= 15 is 0 Å².